The average Bonchev–Trinajstić information content (AvgIpc) is 2.70. The molecule has 0 radical (unpaired) electrons. The molecule has 0 saturated heterocycles. The van der Waals surface area contributed by atoms with Crippen LogP contribution >= 0.6 is 27.5 Å². The fraction of sp³-hybridized carbons (Fsp3) is 0.0952. The number of alkyl halides is 1. The first-order chi connectivity index (χ1) is 13.1. The van der Waals surface area contributed by atoms with Gasteiger partial charge in [0, 0.05) is 23.3 Å². The largest absolute Gasteiger partial charge is 0.457 e. The third-order valence-corrected chi connectivity index (χ3v) is 4.76. The number of hydrogen-bond acceptors (Lipinski definition) is 3. The molecular formula is C21H16BrClNO3+. The van der Waals surface area contributed by atoms with E-state index in [-0.39, 0.29) is 23.4 Å². The molecule has 0 bridgehead atoms. The Morgan fingerprint density at radius 2 is 1.41 bits per heavy atom. The van der Waals surface area contributed by atoms with Crippen molar-refractivity contribution in [1.29, 1.82) is 0 Å². The number of rotatable bonds is 7. The van der Waals surface area contributed by atoms with Gasteiger partial charge in [-0.25, -0.2) is 0 Å². The molecule has 0 saturated carbocycles. The number of benzene rings is 2. The predicted molar refractivity (Wildman–Crippen MR) is 107 cm³/mol. The van der Waals surface area contributed by atoms with Crippen LogP contribution in [-0.4, -0.2) is 16.9 Å². The van der Waals surface area contributed by atoms with Crippen LogP contribution in [0.15, 0.2) is 72.9 Å². The smallest absolute Gasteiger partial charge is 0.275 e. The second kappa shape index (κ2) is 8.93. The van der Waals surface area contributed by atoms with Gasteiger partial charge in [0.05, 0.1) is 5.33 Å². The second-order valence-corrected chi connectivity index (χ2v) is 6.73. The molecule has 0 fully saturated rings. The van der Waals surface area contributed by atoms with Gasteiger partial charge >= 0.3 is 0 Å². The number of carbonyl (C=O) groups excluding carboxylic acids is 2. The molecular weight excluding hydrogens is 430 g/mol. The highest BCUT2D eigenvalue weighted by atomic mass is 79.9. The minimum absolute atomic E-state index is 0.0146. The molecule has 0 aliphatic rings. The molecule has 27 heavy (non-hydrogen) atoms. The van der Waals surface area contributed by atoms with Gasteiger partial charge in [-0.05, 0) is 66.2 Å². The Morgan fingerprint density at radius 1 is 0.852 bits per heavy atom. The summed E-state index contributed by atoms with van der Waals surface area (Å²) in [7, 11) is 0. The van der Waals surface area contributed by atoms with E-state index in [9.17, 15) is 9.59 Å². The first-order valence-corrected chi connectivity index (χ1v) is 9.71. The third-order valence-electron chi connectivity index (χ3n) is 3.91. The Balaban J connectivity index is 1.65. The highest BCUT2D eigenvalue weighted by Gasteiger charge is 2.15. The molecule has 3 aromatic rings. The summed E-state index contributed by atoms with van der Waals surface area (Å²) in [6.07, 6.45) is 1.77. The summed E-state index contributed by atoms with van der Waals surface area (Å²) in [6, 6.07) is 19.2. The number of Topliss-reactive ketones (excluding diaryl/α,β-unsaturated/α-hetero) is 2. The van der Waals surface area contributed by atoms with E-state index in [1.54, 1.807) is 65.4 Å². The zero-order chi connectivity index (χ0) is 19.2. The maximum Gasteiger partial charge on any atom is 0.275 e. The molecule has 1 aromatic heterocycles. The average molecular weight is 446 g/mol. The number of ketones is 2. The molecule has 2 aromatic carbocycles. The number of aromatic nitrogens is 1. The van der Waals surface area contributed by atoms with E-state index in [1.807, 2.05) is 12.1 Å². The van der Waals surface area contributed by atoms with Crippen molar-refractivity contribution in [3.8, 4) is 11.5 Å². The Kier molecular flexibility index (Phi) is 6.37. The van der Waals surface area contributed by atoms with Crippen molar-refractivity contribution >= 4 is 39.1 Å². The SMILES string of the molecule is O=C(CBr)c1ccc(Oc2ccc(C(=O)C[n+]3ccccc3Cl)cc2)cc1. The summed E-state index contributed by atoms with van der Waals surface area (Å²) < 4.78 is 7.44. The number of ether oxygens (including phenoxy) is 1. The lowest BCUT2D eigenvalue weighted by Crippen LogP contribution is -2.38. The summed E-state index contributed by atoms with van der Waals surface area (Å²) >= 11 is 9.23. The van der Waals surface area contributed by atoms with E-state index >= 15 is 0 Å². The molecule has 0 unspecified atom stereocenters. The summed E-state index contributed by atoms with van der Waals surface area (Å²) in [5.41, 5.74) is 1.20. The highest BCUT2D eigenvalue weighted by molar-refractivity contribution is 9.09. The van der Waals surface area contributed by atoms with Crippen LogP contribution in [-0.2, 0) is 6.54 Å². The van der Waals surface area contributed by atoms with Gasteiger partial charge in [-0.3, -0.25) is 9.59 Å². The van der Waals surface area contributed by atoms with Gasteiger partial charge in [0.15, 0.2) is 12.0 Å². The molecule has 0 N–H and O–H groups in total. The maximum absolute atomic E-state index is 12.4. The fourth-order valence-corrected chi connectivity index (χ4v) is 2.97. The number of nitrogens with zero attached hydrogens (tertiary/aromatic N) is 1. The molecule has 6 heteroatoms. The maximum atomic E-state index is 12.4. The first-order valence-electron chi connectivity index (χ1n) is 8.21. The number of carbonyl (C=O) groups is 2. The van der Waals surface area contributed by atoms with Gasteiger partial charge in [0.25, 0.3) is 5.15 Å². The second-order valence-electron chi connectivity index (χ2n) is 5.78. The minimum Gasteiger partial charge on any atom is -0.457 e. The Labute approximate surface area is 170 Å². The van der Waals surface area contributed by atoms with Crippen LogP contribution in [0.2, 0.25) is 5.15 Å². The van der Waals surface area contributed by atoms with E-state index in [0.717, 1.165) is 0 Å². The fourth-order valence-electron chi connectivity index (χ4n) is 2.46. The zero-order valence-corrected chi connectivity index (χ0v) is 16.6. The Bertz CT molecular complexity index is 956. The molecule has 4 nitrogen and oxygen atoms in total. The van der Waals surface area contributed by atoms with E-state index in [0.29, 0.717) is 27.8 Å². The van der Waals surface area contributed by atoms with Crippen molar-refractivity contribution in [3.05, 3.63) is 89.2 Å². The molecule has 0 amide bonds. The lowest BCUT2D eigenvalue weighted by atomic mass is 10.1. The topological polar surface area (TPSA) is 47.3 Å². The van der Waals surface area contributed by atoms with Crippen LogP contribution in [0.1, 0.15) is 20.7 Å². The zero-order valence-electron chi connectivity index (χ0n) is 14.3. The number of pyridine rings is 1. The van der Waals surface area contributed by atoms with Gasteiger partial charge in [-0.15, -0.1) is 0 Å². The van der Waals surface area contributed by atoms with E-state index in [4.69, 9.17) is 16.3 Å². The van der Waals surface area contributed by atoms with Crippen LogP contribution in [0, 0.1) is 0 Å². The predicted octanol–water partition coefficient (Wildman–Crippen LogP) is 4.88. The van der Waals surface area contributed by atoms with Crippen molar-refractivity contribution in [2.45, 2.75) is 6.54 Å². The molecule has 0 aliphatic heterocycles. The van der Waals surface area contributed by atoms with Crippen molar-refractivity contribution in [3.63, 3.8) is 0 Å². The summed E-state index contributed by atoms with van der Waals surface area (Å²) in [5.74, 6) is 1.20. The normalized spacial score (nSPS) is 10.4. The monoisotopic (exact) mass is 444 g/mol. The molecule has 0 spiro atoms. The van der Waals surface area contributed by atoms with Crippen molar-refractivity contribution < 1.29 is 18.9 Å². The highest BCUT2D eigenvalue weighted by Crippen LogP contribution is 2.22. The van der Waals surface area contributed by atoms with Crippen LogP contribution < -0.4 is 9.30 Å². The lowest BCUT2D eigenvalue weighted by Gasteiger charge is -2.07. The molecule has 136 valence electrons. The summed E-state index contributed by atoms with van der Waals surface area (Å²) in [4.78, 5) is 24.0. The molecule has 1 heterocycles. The van der Waals surface area contributed by atoms with E-state index < -0.39 is 0 Å². The molecule has 0 aliphatic carbocycles. The summed E-state index contributed by atoms with van der Waals surface area (Å²) in [5, 5.41) is 0.794. The number of halogens is 2. The van der Waals surface area contributed by atoms with Crippen LogP contribution in [0.5, 0.6) is 11.5 Å². The molecule has 3 rings (SSSR count). The van der Waals surface area contributed by atoms with Gasteiger partial charge in [0.1, 0.15) is 11.5 Å². The van der Waals surface area contributed by atoms with Crippen molar-refractivity contribution in [2.75, 3.05) is 5.33 Å². The Morgan fingerprint density at radius 3 is 1.93 bits per heavy atom. The van der Waals surface area contributed by atoms with E-state index in [1.165, 1.54) is 0 Å². The first kappa shape index (κ1) is 19.3. The quantitative estimate of drug-likeness (QED) is 0.225. The van der Waals surface area contributed by atoms with Gasteiger partial charge in [0.2, 0.25) is 12.3 Å². The number of hydrogen-bond donors (Lipinski definition) is 0. The standard InChI is InChI=1S/C21H16BrClNO3/c22-13-19(25)15-4-8-17(9-5-15)27-18-10-6-16(7-11-18)20(26)14-24-12-2-1-3-21(24)23/h1-12H,13-14H2/q+1. The van der Waals surface area contributed by atoms with Crippen molar-refractivity contribution in [2.24, 2.45) is 0 Å². The summed E-state index contributed by atoms with van der Waals surface area (Å²) in [6.45, 7) is 0.170. The van der Waals surface area contributed by atoms with Crippen LogP contribution in [0.4, 0.5) is 0 Å². The van der Waals surface area contributed by atoms with Gasteiger partial charge in [-0.2, -0.15) is 4.57 Å². The van der Waals surface area contributed by atoms with Crippen LogP contribution in [0.25, 0.3) is 0 Å². The minimum atomic E-state index is -0.0442. The van der Waals surface area contributed by atoms with Gasteiger partial charge in [-0.1, -0.05) is 15.9 Å². The Hall–Kier alpha value is -2.50. The molecule has 0 atom stereocenters. The lowest BCUT2D eigenvalue weighted by molar-refractivity contribution is -0.681. The van der Waals surface area contributed by atoms with Gasteiger partial charge < -0.3 is 4.74 Å². The van der Waals surface area contributed by atoms with Crippen LogP contribution in [0.3, 0.4) is 0 Å². The van der Waals surface area contributed by atoms with Crippen molar-refractivity contribution in [1.82, 2.24) is 0 Å². The third kappa shape index (κ3) is 5.02. The van der Waals surface area contributed by atoms with E-state index in [2.05, 4.69) is 15.9 Å².